The van der Waals surface area contributed by atoms with Gasteiger partial charge in [0, 0.05) is 25.6 Å². The van der Waals surface area contributed by atoms with Crippen LogP contribution in [0.4, 0.5) is 0 Å². The molecule has 0 aromatic heterocycles. The van der Waals surface area contributed by atoms with Gasteiger partial charge >= 0.3 is 0 Å². The van der Waals surface area contributed by atoms with Gasteiger partial charge in [-0.05, 0) is 37.6 Å². The zero-order valence-electron chi connectivity index (χ0n) is 11.8. The van der Waals surface area contributed by atoms with Crippen LogP contribution in [0.3, 0.4) is 0 Å². The quantitative estimate of drug-likeness (QED) is 0.865. The van der Waals surface area contributed by atoms with E-state index in [1.807, 2.05) is 0 Å². The molecule has 1 N–H and O–H groups in total. The Labute approximate surface area is 122 Å². The molecule has 3 saturated heterocycles. The maximum atomic E-state index is 12.3. The Morgan fingerprint density at radius 3 is 2.58 bits per heavy atom. The number of piperidine rings is 1. The monoisotopic (exact) mass is 286 g/mol. The molecule has 0 unspecified atom stereocenters. The highest BCUT2D eigenvalue weighted by Crippen LogP contribution is 2.29. The van der Waals surface area contributed by atoms with Gasteiger partial charge in [0.1, 0.15) is 0 Å². The molecule has 2 bridgehead atoms. The van der Waals surface area contributed by atoms with Gasteiger partial charge in [-0.1, -0.05) is 25.7 Å². The number of carbonyl (C=O) groups excluding carboxylic acids is 1. The Bertz CT molecular complexity index is 283. The van der Waals surface area contributed by atoms with Crippen LogP contribution in [-0.2, 0) is 4.79 Å². The van der Waals surface area contributed by atoms with Crippen LogP contribution in [-0.4, -0.2) is 36.5 Å². The predicted octanol–water partition coefficient (Wildman–Crippen LogP) is 2.59. The Morgan fingerprint density at radius 2 is 1.89 bits per heavy atom. The first-order chi connectivity index (χ1) is 8.81. The molecule has 0 aromatic carbocycles. The number of halogens is 1. The van der Waals surface area contributed by atoms with Gasteiger partial charge in [-0.25, -0.2) is 0 Å². The summed E-state index contributed by atoms with van der Waals surface area (Å²) in [5.74, 6) is 1.97. The molecular formula is C15H27ClN2O. The normalized spacial score (nSPS) is 31.1. The maximum absolute atomic E-state index is 12.3. The van der Waals surface area contributed by atoms with Crippen molar-refractivity contribution in [2.24, 2.45) is 11.8 Å². The second-order valence-electron chi connectivity index (χ2n) is 6.54. The zero-order chi connectivity index (χ0) is 12.4. The average Bonchev–Trinajstić information content (AvgIpc) is 2.73. The van der Waals surface area contributed by atoms with Gasteiger partial charge in [0.05, 0.1) is 0 Å². The van der Waals surface area contributed by atoms with E-state index in [1.165, 1.54) is 38.5 Å². The molecule has 110 valence electrons. The summed E-state index contributed by atoms with van der Waals surface area (Å²) in [5.41, 5.74) is 0. The van der Waals surface area contributed by atoms with Gasteiger partial charge in [0.25, 0.3) is 0 Å². The van der Waals surface area contributed by atoms with Crippen molar-refractivity contribution in [2.45, 2.75) is 57.4 Å². The van der Waals surface area contributed by atoms with Gasteiger partial charge in [-0.2, -0.15) is 0 Å². The highest BCUT2D eigenvalue weighted by Gasteiger charge is 2.31. The number of carbonyl (C=O) groups is 1. The average molecular weight is 287 g/mol. The fourth-order valence-corrected chi connectivity index (χ4v) is 3.93. The lowest BCUT2D eigenvalue weighted by atomic mass is 9.97. The first kappa shape index (κ1) is 15.1. The summed E-state index contributed by atoms with van der Waals surface area (Å²) in [6, 6.07) is 0.569. The molecule has 4 rings (SSSR count). The van der Waals surface area contributed by atoms with Crippen LogP contribution >= 0.6 is 12.4 Å². The number of nitrogens with zero attached hydrogens (tertiary/aromatic N) is 1. The number of hydrogen-bond acceptors (Lipinski definition) is 2. The van der Waals surface area contributed by atoms with Gasteiger partial charge in [-0.15, -0.1) is 12.4 Å². The van der Waals surface area contributed by atoms with Crippen LogP contribution in [0.2, 0.25) is 0 Å². The summed E-state index contributed by atoms with van der Waals surface area (Å²) in [4.78, 5) is 14.5. The summed E-state index contributed by atoms with van der Waals surface area (Å²) in [5, 5.41) is 3.57. The lowest BCUT2D eigenvalue weighted by Gasteiger charge is -2.23. The van der Waals surface area contributed by atoms with Crippen molar-refractivity contribution in [3.05, 3.63) is 0 Å². The highest BCUT2D eigenvalue weighted by molar-refractivity contribution is 5.85. The molecule has 3 heterocycles. The molecule has 4 aliphatic rings. The van der Waals surface area contributed by atoms with Crippen LogP contribution in [0, 0.1) is 11.8 Å². The summed E-state index contributed by atoms with van der Waals surface area (Å²) in [6.07, 6.45) is 10.00. The van der Waals surface area contributed by atoms with Crippen molar-refractivity contribution in [1.82, 2.24) is 10.2 Å². The first-order valence-corrected chi connectivity index (χ1v) is 7.82. The third kappa shape index (κ3) is 3.85. The molecular weight excluding hydrogens is 260 g/mol. The Kier molecular flexibility index (Phi) is 5.52. The minimum Gasteiger partial charge on any atom is -0.341 e. The number of nitrogens with one attached hydrogen (secondary N) is 1. The predicted molar refractivity (Wildman–Crippen MR) is 79.5 cm³/mol. The number of rotatable bonds is 3. The summed E-state index contributed by atoms with van der Waals surface area (Å²) in [7, 11) is 0. The molecule has 0 aromatic rings. The van der Waals surface area contributed by atoms with Crippen LogP contribution in [0.25, 0.3) is 0 Å². The van der Waals surface area contributed by atoms with E-state index in [1.54, 1.807) is 0 Å². The van der Waals surface area contributed by atoms with E-state index in [9.17, 15) is 4.79 Å². The Hall–Kier alpha value is -0.280. The van der Waals surface area contributed by atoms with Crippen LogP contribution in [0.1, 0.15) is 51.4 Å². The molecule has 3 aliphatic heterocycles. The van der Waals surface area contributed by atoms with Gasteiger partial charge in [-0.3, -0.25) is 4.79 Å². The summed E-state index contributed by atoms with van der Waals surface area (Å²) < 4.78 is 0. The first-order valence-electron chi connectivity index (χ1n) is 7.82. The highest BCUT2D eigenvalue weighted by atomic mass is 35.5. The number of amides is 1. The summed E-state index contributed by atoms with van der Waals surface area (Å²) in [6.45, 7) is 3.09. The minimum absolute atomic E-state index is 0. The standard InChI is InChI=1S/C15H26N2O.ClH/c18-15(8-6-12-3-1-2-4-12)17-10-13-5-7-14(11-17)16-9-13;/h12-14,16H,1-11H2;1H/t13-,14-;/m0./s1. The van der Waals surface area contributed by atoms with E-state index in [4.69, 9.17) is 0 Å². The third-order valence-electron chi connectivity index (χ3n) is 5.13. The number of fused-ring (bicyclic) bond motifs is 4. The van der Waals surface area contributed by atoms with Crippen LogP contribution in [0.15, 0.2) is 0 Å². The van der Waals surface area contributed by atoms with Crippen molar-refractivity contribution >= 4 is 18.3 Å². The third-order valence-corrected chi connectivity index (χ3v) is 5.13. The molecule has 2 atom stereocenters. The fourth-order valence-electron chi connectivity index (χ4n) is 3.93. The molecule has 19 heavy (non-hydrogen) atoms. The van der Waals surface area contributed by atoms with Crippen LogP contribution in [0.5, 0.6) is 0 Å². The van der Waals surface area contributed by atoms with Gasteiger partial charge in [0.2, 0.25) is 5.91 Å². The molecule has 3 nitrogen and oxygen atoms in total. The van der Waals surface area contributed by atoms with Gasteiger partial charge in [0.15, 0.2) is 0 Å². The van der Waals surface area contributed by atoms with E-state index in [-0.39, 0.29) is 12.4 Å². The van der Waals surface area contributed by atoms with E-state index in [2.05, 4.69) is 10.2 Å². The van der Waals surface area contributed by atoms with Crippen LogP contribution < -0.4 is 5.32 Å². The molecule has 0 spiro atoms. The molecule has 1 saturated carbocycles. The van der Waals surface area contributed by atoms with E-state index < -0.39 is 0 Å². The van der Waals surface area contributed by atoms with Crippen molar-refractivity contribution in [2.75, 3.05) is 19.6 Å². The van der Waals surface area contributed by atoms with Gasteiger partial charge < -0.3 is 10.2 Å². The van der Waals surface area contributed by atoms with Crippen molar-refractivity contribution in [3.63, 3.8) is 0 Å². The Balaban J connectivity index is 0.00000133. The number of hydrogen-bond donors (Lipinski definition) is 1. The lowest BCUT2D eigenvalue weighted by Crippen LogP contribution is -2.40. The molecule has 1 aliphatic carbocycles. The van der Waals surface area contributed by atoms with Crippen molar-refractivity contribution in [3.8, 4) is 0 Å². The smallest absolute Gasteiger partial charge is 0.222 e. The molecule has 4 heteroatoms. The molecule has 4 fully saturated rings. The van der Waals surface area contributed by atoms with E-state index in [0.717, 1.165) is 38.4 Å². The van der Waals surface area contributed by atoms with E-state index in [0.29, 0.717) is 17.9 Å². The minimum atomic E-state index is 0. The molecule has 0 radical (unpaired) electrons. The second kappa shape index (κ2) is 6.94. The Morgan fingerprint density at radius 1 is 1.11 bits per heavy atom. The topological polar surface area (TPSA) is 32.3 Å². The van der Waals surface area contributed by atoms with E-state index >= 15 is 0 Å². The lowest BCUT2D eigenvalue weighted by molar-refractivity contribution is -0.131. The fraction of sp³-hybridized carbons (Fsp3) is 0.933. The largest absolute Gasteiger partial charge is 0.341 e. The molecule has 1 amide bonds. The SMILES string of the molecule is Cl.O=C(CCC1CCCC1)N1C[C@H]2CC[C@@H](C1)NC2. The maximum Gasteiger partial charge on any atom is 0.222 e. The van der Waals surface area contributed by atoms with Crippen molar-refractivity contribution < 1.29 is 4.79 Å². The zero-order valence-corrected chi connectivity index (χ0v) is 12.6. The second-order valence-corrected chi connectivity index (χ2v) is 6.54. The summed E-state index contributed by atoms with van der Waals surface area (Å²) >= 11 is 0. The van der Waals surface area contributed by atoms with Crippen molar-refractivity contribution in [1.29, 1.82) is 0 Å².